The molecule has 0 saturated carbocycles. The Hall–Kier alpha value is -1.42. The van der Waals surface area contributed by atoms with Crippen molar-refractivity contribution in [2.24, 2.45) is 7.05 Å². The minimum absolute atomic E-state index is 0.0947. The predicted octanol–water partition coefficient (Wildman–Crippen LogP) is 2.70. The average molecular weight is 247 g/mol. The van der Waals surface area contributed by atoms with Crippen molar-refractivity contribution in [3.05, 3.63) is 29.8 Å². The van der Waals surface area contributed by atoms with Crippen LogP contribution in [-0.2, 0) is 12.6 Å². The first-order valence-electron chi connectivity index (χ1n) is 6.48. The number of aryl methyl sites for hydroxylation is 1. The number of fused-ring (bicyclic) bond motifs is 1. The number of piperidine rings is 1. The van der Waals surface area contributed by atoms with Gasteiger partial charge in [-0.15, -0.1) is 0 Å². The lowest BCUT2D eigenvalue weighted by Crippen LogP contribution is -2.45. The second-order valence-corrected chi connectivity index (χ2v) is 5.34. The quantitative estimate of drug-likeness (QED) is 0.839. The van der Waals surface area contributed by atoms with E-state index in [-0.39, 0.29) is 11.4 Å². The molecule has 4 heteroatoms. The largest absolute Gasteiger partial charge is 0.329 e. The number of nitrogens with one attached hydrogen (secondary N) is 1. The first kappa shape index (κ1) is 11.7. The van der Waals surface area contributed by atoms with Crippen LogP contribution in [0.25, 0.3) is 11.0 Å². The Morgan fingerprint density at radius 3 is 2.94 bits per heavy atom. The van der Waals surface area contributed by atoms with Gasteiger partial charge in [-0.2, -0.15) is 0 Å². The minimum atomic E-state index is -0.209. The van der Waals surface area contributed by atoms with Crippen molar-refractivity contribution in [2.75, 3.05) is 6.54 Å². The molecule has 1 aliphatic heterocycles. The second-order valence-electron chi connectivity index (χ2n) is 5.34. The van der Waals surface area contributed by atoms with Gasteiger partial charge in [0.15, 0.2) is 0 Å². The van der Waals surface area contributed by atoms with Gasteiger partial charge in [-0.3, -0.25) is 0 Å². The molecule has 0 radical (unpaired) electrons. The van der Waals surface area contributed by atoms with Gasteiger partial charge in [0.1, 0.15) is 11.6 Å². The summed E-state index contributed by atoms with van der Waals surface area (Å²) in [4.78, 5) is 4.68. The van der Waals surface area contributed by atoms with E-state index < -0.39 is 0 Å². The summed E-state index contributed by atoms with van der Waals surface area (Å²) in [6.07, 6.45) is 3.50. The zero-order valence-electron chi connectivity index (χ0n) is 10.8. The maximum Gasteiger partial charge on any atom is 0.129 e. The number of aromatic nitrogens is 2. The van der Waals surface area contributed by atoms with Crippen LogP contribution in [0.5, 0.6) is 0 Å². The van der Waals surface area contributed by atoms with E-state index in [0.717, 1.165) is 29.8 Å². The van der Waals surface area contributed by atoms with E-state index in [4.69, 9.17) is 0 Å². The number of benzene rings is 1. The van der Waals surface area contributed by atoms with Crippen LogP contribution in [0.2, 0.25) is 0 Å². The molecule has 18 heavy (non-hydrogen) atoms. The van der Waals surface area contributed by atoms with Gasteiger partial charge in [0.05, 0.1) is 16.6 Å². The molecular weight excluding hydrogens is 229 g/mol. The normalized spacial score (nSPS) is 24.6. The molecule has 0 aliphatic carbocycles. The van der Waals surface area contributed by atoms with Crippen LogP contribution in [0.1, 0.15) is 32.0 Å². The molecule has 3 nitrogen and oxygen atoms in total. The van der Waals surface area contributed by atoms with Crippen LogP contribution in [0.15, 0.2) is 18.2 Å². The first-order chi connectivity index (χ1) is 8.60. The molecule has 2 heterocycles. The summed E-state index contributed by atoms with van der Waals surface area (Å²) in [5.74, 6) is 0.793. The summed E-state index contributed by atoms with van der Waals surface area (Å²) in [6.45, 7) is 3.21. The smallest absolute Gasteiger partial charge is 0.129 e. The summed E-state index contributed by atoms with van der Waals surface area (Å²) in [5.41, 5.74) is 1.63. The van der Waals surface area contributed by atoms with Crippen LogP contribution in [-0.4, -0.2) is 16.1 Å². The average Bonchev–Trinajstić information content (AvgIpc) is 2.68. The van der Waals surface area contributed by atoms with Gasteiger partial charge in [0.25, 0.3) is 0 Å². The highest BCUT2D eigenvalue weighted by Gasteiger charge is 2.32. The highest BCUT2D eigenvalue weighted by molar-refractivity contribution is 5.76. The molecule has 0 amide bonds. The Labute approximate surface area is 106 Å². The summed E-state index contributed by atoms with van der Waals surface area (Å²) < 4.78 is 15.3. The third-order valence-electron chi connectivity index (χ3n) is 3.96. The Balaban J connectivity index is 2.14. The summed E-state index contributed by atoms with van der Waals surface area (Å²) >= 11 is 0. The molecule has 1 saturated heterocycles. The van der Waals surface area contributed by atoms with Crippen molar-refractivity contribution in [2.45, 2.75) is 31.7 Å². The Bertz CT molecular complexity index is 582. The van der Waals surface area contributed by atoms with Crippen LogP contribution >= 0.6 is 0 Å². The number of hydrogen-bond donors (Lipinski definition) is 1. The van der Waals surface area contributed by atoms with Gasteiger partial charge in [-0.25, -0.2) is 9.37 Å². The van der Waals surface area contributed by atoms with Crippen molar-refractivity contribution in [3.63, 3.8) is 0 Å². The van der Waals surface area contributed by atoms with Gasteiger partial charge in [0, 0.05) is 7.05 Å². The minimum Gasteiger partial charge on any atom is -0.329 e. The Kier molecular flexibility index (Phi) is 2.63. The van der Waals surface area contributed by atoms with Crippen molar-refractivity contribution < 1.29 is 4.39 Å². The van der Waals surface area contributed by atoms with Crippen molar-refractivity contribution in [1.29, 1.82) is 0 Å². The van der Waals surface area contributed by atoms with Gasteiger partial charge in [0.2, 0.25) is 0 Å². The van der Waals surface area contributed by atoms with Gasteiger partial charge in [-0.05, 0) is 50.9 Å². The monoisotopic (exact) mass is 247 g/mol. The SMILES string of the molecule is Cn1c(C2(C)CCCCN2)nc2ccc(F)cc21. The molecule has 3 rings (SSSR count). The van der Waals surface area contributed by atoms with Gasteiger partial charge < -0.3 is 9.88 Å². The molecule has 0 spiro atoms. The number of nitrogens with zero attached hydrogens (tertiary/aromatic N) is 2. The third-order valence-corrected chi connectivity index (χ3v) is 3.96. The first-order valence-corrected chi connectivity index (χ1v) is 6.48. The molecular formula is C14H18FN3. The molecule has 1 N–H and O–H groups in total. The van der Waals surface area contributed by atoms with Crippen molar-refractivity contribution in [3.8, 4) is 0 Å². The van der Waals surface area contributed by atoms with E-state index in [0.29, 0.717) is 0 Å². The Morgan fingerprint density at radius 1 is 1.39 bits per heavy atom. The van der Waals surface area contributed by atoms with E-state index in [1.807, 2.05) is 11.6 Å². The molecule has 0 bridgehead atoms. The molecule has 1 unspecified atom stereocenters. The van der Waals surface area contributed by atoms with Crippen molar-refractivity contribution in [1.82, 2.24) is 14.9 Å². The number of rotatable bonds is 1. The summed E-state index contributed by atoms with van der Waals surface area (Å²) in [6, 6.07) is 4.77. The fraction of sp³-hybridized carbons (Fsp3) is 0.500. The van der Waals surface area contributed by atoms with E-state index >= 15 is 0 Å². The second kappa shape index (κ2) is 4.05. The maximum absolute atomic E-state index is 13.3. The topological polar surface area (TPSA) is 29.9 Å². The number of halogens is 1. The van der Waals surface area contributed by atoms with Crippen LogP contribution in [0.4, 0.5) is 4.39 Å². The zero-order valence-corrected chi connectivity index (χ0v) is 10.8. The molecule has 96 valence electrons. The standard InChI is InChI=1S/C14H18FN3/c1-14(7-3-4-8-16-14)13-17-11-6-5-10(15)9-12(11)18(13)2/h5-6,9,16H,3-4,7-8H2,1-2H3. The molecule has 1 aromatic heterocycles. The molecule has 1 aliphatic rings. The fourth-order valence-corrected chi connectivity index (χ4v) is 2.90. The van der Waals surface area contributed by atoms with Crippen LogP contribution in [0, 0.1) is 5.82 Å². The fourth-order valence-electron chi connectivity index (χ4n) is 2.90. The molecule has 2 aromatic rings. The summed E-state index contributed by atoms with van der Waals surface area (Å²) in [7, 11) is 1.96. The van der Waals surface area contributed by atoms with E-state index in [2.05, 4.69) is 17.2 Å². The van der Waals surface area contributed by atoms with Crippen LogP contribution < -0.4 is 5.32 Å². The maximum atomic E-state index is 13.3. The predicted molar refractivity (Wildman–Crippen MR) is 69.9 cm³/mol. The lowest BCUT2D eigenvalue weighted by atomic mass is 9.90. The lowest BCUT2D eigenvalue weighted by Gasteiger charge is -2.34. The van der Waals surface area contributed by atoms with E-state index in [1.54, 1.807) is 12.1 Å². The highest BCUT2D eigenvalue weighted by Crippen LogP contribution is 2.31. The van der Waals surface area contributed by atoms with Gasteiger partial charge in [-0.1, -0.05) is 0 Å². The van der Waals surface area contributed by atoms with Gasteiger partial charge >= 0.3 is 0 Å². The van der Waals surface area contributed by atoms with E-state index in [9.17, 15) is 4.39 Å². The van der Waals surface area contributed by atoms with Crippen LogP contribution in [0.3, 0.4) is 0 Å². The summed E-state index contributed by atoms with van der Waals surface area (Å²) in [5, 5.41) is 3.55. The van der Waals surface area contributed by atoms with Crippen molar-refractivity contribution >= 4 is 11.0 Å². The Morgan fingerprint density at radius 2 is 2.22 bits per heavy atom. The third kappa shape index (κ3) is 1.72. The molecule has 1 fully saturated rings. The number of hydrogen-bond acceptors (Lipinski definition) is 2. The number of imidazole rings is 1. The molecule has 1 atom stereocenters. The molecule has 1 aromatic carbocycles. The zero-order chi connectivity index (χ0) is 12.8. The highest BCUT2D eigenvalue weighted by atomic mass is 19.1. The lowest BCUT2D eigenvalue weighted by molar-refractivity contribution is 0.264. The van der Waals surface area contributed by atoms with E-state index in [1.165, 1.54) is 18.9 Å².